The van der Waals surface area contributed by atoms with Crippen LogP contribution in [0.1, 0.15) is 42.7 Å². The van der Waals surface area contributed by atoms with E-state index in [1.807, 2.05) is 6.92 Å². The smallest absolute Gasteiger partial charge is 0.254 e. The lowest BCUT2D eigenvalue weighted by Crippen LogP contribution is -2.25. The first-order valence-corrected chi connectivity index (χ1v) is 6.01. The predicted octanol–water partition coefficient (Wildman–Crippen LogP) is 2.14. The van der Waals surface area contributed by atoms with E-state index in [2.05, 4.69) is 24.1 Å². The molecule has 0 aliphatic heterocycles. The molecule has 4 nitrogen and oxygen atoms in total. The number of nitrogen functional groups attached to an aromatic ring is 1. The third-order valence-electron chi connectivity index (χ3n) is 2.56. The molecule has 1 aromatic heterocycles. The number of anilines is 1. The molecule has 0 aliphatic rings. The van der Waals surface area contributed by atoms with Crippen LogP contribution in [0.2, 0.25) is 0 Å². The van der Waals surface area contributed by atoms with Crippen LogP contribution >= 0.6 is 0 Å². The van der Waals surface area contributed by atoms with Crippen molar-refractivity contribution in [2.45, 2.75) is 33.6 Å². The minimum Gasteiger partial charge on any atom is -0.398 e. The molecule has 3 N–H and O–H groups in total. The molecule has 4 heteroatoms. The van der Waals surface area contributed by atoms with Gasteiger partial charge in [-0.05, 0) is 31.7 Å². The highest BCUT2D eigenvalue weighted by Crippen LogP contribution is 2.11. The molecule has 1 heterocycles. The molecular formula is C13H21N3O. The van der Waals surface area contributed by atoms with Gasteiger partial charge in [0.05, 0.1) is 5.56 Å². The van der Waals surface area contributed by atoms with Crippen LogP contribution in [0.3, 0.4) is 0 Å². The van der Waals surface area contributed by atoms with Gasteiger partial charge in [-0.15, -0.1) is 0 Å². The Hall–Kier alpha value is -1.58. The zero-order valence-electron chi connectivity index (χ0n) is 10.8. The number of carbonyl (C=O) groups excluding carboxylic acids is 1. The number of aryl methyl sites for hydroxylation is 1. The summed E-state index contributed by atoms with van der Waals surface area (Å²) in [5.41, 5.74) is 7.54. The summed E-state index contributed by atoms with van der Waals surface area (Å²) in [6, 6.07) is 1.71. The van der Waals surface area contributed by atoms with E-state index in [0.717, 1.165) is 18.5 Å². The van der Waals surface area contributed by atoms with Gasteiger partial charge in [-0.25, -0.2) is 0 Å². The first-order valence-electron chi connectivity index (χ1n) is 6.01. The van der Waals surface area contributed by atoms with Crippen molar-refractivity contribution in [3.05, 3.63) is 23.5 Å². The van der Waals surface area contributed by atoms with Crippen LogP contribution in [0, 0.1) is 12.8 Å². The Morgan fingerprint density at radius 2 is 2.24 bits per heavy atom. The van der Waals surface area contributed by atoms with Crippen molar-refractivity contribution in [2.24, 2.45) is 5.92 Å². The van der Waals surface area contributed by atoms with E-state index < -0.39 is 0 Å². The number of hydrogen-bond acceptors (Lipinski definition) is 3. The molecule has 0 bridgehead atoms. The lowest BCUT2D eigenvalue weighted by molar-refractivity contribution is 0.0953. The topological polar surface area (TPSA) is 68.0 Å². The van der Waals surface area contributed by atoms with Gasteiger partial charge in [-0.2, -0.15) is 0 Å². The summed E-state index contributed by atoms with van der Waals surface area (Å²) >= 11 is 0. The molecule has 1 rings (SSSR count). The van der Waals surface area contributed by atoms with Crippen molar-refractivity contribution in [3.8, 4) is 0 Å². The van der Waals surface area contributed by atoms with Crippen molar-refractivity contribution in [1.82, 2.24) is 10.3 Å². The quantitative estimate of drug-likeness (QED) is 0.768. The first kappa shape index (κ1) is 13.5. The molecule has 0 aromatic carbocycles. The molecule has 0 fully saturated rings. The maximum Gasteiger partial charge on any atom is 0.254 e. The molecule has 94 valence electrons. The first-order chi connectivity index (χ1) is 8.00. The van der Waals surface area contributed by atoms with E-state index in [1.54, 1.807) is 6.07 Å². The summed E-state index contributed by atoms with van der Waals surface area (Å²) in [6.45, 7) is 6.87. The van der Waals surface area contributed by atoms with Crippen LogP contribution in [0.5, 0.6) is 0 Å². The normalized spacial score (nSPS) is 10.6. The van der Waals surface area contributed by atoms with Gasteiger partial charge < -0.3 is 11.1 Å². The second-order valence-corrected chi connectivity index (χ2v) is 4.70. The van der Waals surface area contributed by atoms with Crippen LogP contribution in [0.4, 0.5) is 5.69 Å². The van der Waals surface area contributed by atoms with E-state index in [9.17, 15) is 4.79 Å². The van der Waals surface area contributed by atoms with Gasteiger partial charge in [0, 0.05) is 24.1 Å². The minimum absolute atomic E-state index is 0.140. The standard InChI is InChI=1S/C13H21N3O/c1-9(2)5-4-6-15-13(17)11-8-16-10(3)7-12(11)14/h7-9H,4-6H2,1-3H3,(H2,14,16)(H,15,17). The predicted molar refractivity (Wildman–Crippen MR) is 69.8 cm³/mol. The molecule has 1 amide bonds. The lowest BCUT2D eigenvalue weighted by Gasteiger charge is -2.08. The molecule has 17 heavy (non-hydrogen) atoms. The van der Waals surface area contributed by atoms with Gasteiger partial charge in [-0.3, -0.25) is 9.78 Å². The Morgan fingerprint density at radius 1 is 1.53 bits per heavy atom. The number of aromatic nitrogens is 1. The second-order valence-electron chi connectivity index (χ2n) is 4.70. The van der Waals surface area contributed by atoms with Crippen LogP contribution < -0.4 is 11.1 Å². The number of nitrogens with one attached hydrogen (secondary N) is 1. The Morgan fingerprint density at radius 3 is 2.82 bits per heavy atom. The molecular weight excluding hydrogens is 214 g/mol. The minimum atomic E-state index is -0.140. The molecule has 0 spiro atoms. The van der Waals surface area contributed by atoms with Gasteiger partial charge in [0.2, 0.25) is 0 Å². The SMILES string of the molecule is Cc1cc(N)c(C(=O)NCCCC(C)C)cn1. The van der Waals surface area contributed by atoms with Crippen LogP contribution in [0.25, 0.3) is 0 Å². The Labute approximate surface area is 103 Å². The van der Waals surface area contributed by atoms with E-state index >= 15 is 0 Å². The summed E-state index contributed by atoms with van der Waals surface area (Å²) in [5.74, 6) is 0.525. The fourth-order valence-electron chi connectivity index (χ4n) is 1.58. The number of hydrogen-bond donors (Lipinski definition) is 2. The number of nitrogens with zero attached hydrogens (tertiary/aromatic N) is 1. The maximum atomic E-state index is 11.8. The van der Waals surface area contributed by atoms with Crippen molar-refractivity contribution in [2.75, 3.05) is 12.3 Å². The number of amides is 1. The highest BCUT2D eigenvalue weighted by atomic mass is 16.1. The van der Waals surface area contributed by atoms with Crippen molar-refractivity contribution >= 4 is 11.6 Å². The van der Waals surface area contributed by atoms with E-state index in [-0.39, 0.29) is 5.91 Å². The molecule has 1 aromatic rings. The maximum absolute atomic E-state index is 11.8. The second kappa shape index (κ2) is 6.23. The van der Waals surface area contributed by atoms with Crippen molar-refractivity contribution < 1.29 is 4.79 Å². The highest BCUT2D eigenvalue weighted by molar-refractivity contribution is 5.98. The van der Waals surface area contributed by atoms with Crippen molar-refractivity contribution in [3.63, 3.8) is 0 Å². The Kier molecular flexibility index (Phi) is 4.94. The van der Waals surface area contributed by atoms with Gasteiger partial charge in [0.15, 0.2) is 0 Å². The van der Waals surface area contributed by atoms with Gasteiger partial charge in [0.1, 0.15) is 0 Å². The summed E-state index contributed by atoms with van der Waals surface area (Å²) in [5, 5.41) is 2.86. The fourth-order valence-corrected chi connectivity index (χ4v) is 1.58. The average Bonchev–Trinajstić information content (AvgIpc) is 2.23. The number of pyridine rings is 1. The summed E-state index contributed by atoms with van der Waals surface area (Å²) in [6.07, 6.45) is 3.63. The third-order valence-corrected chi connectivity index (χ3v) is 2.56. The van der Waals surface area contributed by atoms with Gasteiger partial charge in [-0.1, -0.05) is 13.8 Å². The van der Waals surface area contributed by atoms with E-state index in [4.69, 9.17) is 5.73 Å². The molecule has 0 saturated heterocycles. The average molecular weight is 235 g/mol. The number of carbonyl (C=O) groups is 1. The van der Waals surface area contributed by atoms with Crippen molar-refractivity contribution in [1.29, 1.82) is 0 Å². The zero-order valence-corrected chi connectivity index (χ0v) is 10.8. The van der Waals surface area contributed by atoms with Gasteiger partial charge >= 0.3 is 0 Å². The van der Waals surface area contributed by atoms with Gasteiger partial charge in [0.25, 0.3) is 5.91 Å². The summed E-state index contributed by atoms with van der Waals surface area (Å²) in [7, 11) is 0. The number of nitrogens with two attached hydrogens (primary N) is 1. The monoisotopic (exact) mass is 235 g/mol. The Bertz CT molecular complexity index is 388. The lowest BCUT2D eigenvalue weighted by atomic mass is 10.1. The zero-order chi connectivity index (χ0) is 12.8. The van der Waals surface area contributed by atoms with E-state index in [0.29, 0.717) is 23.7 Å². The summed E-state index contributed by atoms with van der Waals surface area (Å²) in [4.78, 5) is 15.9. The van der Waals surface area contributed by atoms with Crippen LogP contribution in [-0.2, 0) is 0 Å². The third kappa shape index (κ3) is 4.43. The van der Waals surface area contributed by atoms with Crippen LogP contribution in [-0.4, -0.2) is 17.4 Å². The van der Waals surface area contributed by atoms with E-state index in [1.165, 1.54) is 6.20 Å². The number of rotatable bonds is 5. The molecule has 0 radical (unpaired) electrons. The molecule has 0 atom stereocenters. The highest BCUT2D eigenvalue weighted by Gasteiger charge is 2.09. The fraction of sp³-hybridized carbons (Fsp3) is 0.538. The molecule has 0 unspecified atom stereocenters. The largest absolute Gasteiger partial charge is 0.398 e. The molecule has 0 saturated carbocycles. The molecule has 0 aliphatic carbocycles. The summed E-state index contributed by atoms with van der Waals surface area (Å²) < 4.78 is 0. The van der Waals surface area contributed by atoms with Crippen LogP contribution in [0.15, 0.2) is 12.3 Å². The Balaban J connectivity index is 2.47.